The van der Waals surface area contributed by atoms with Crippen LogP contribution in [-0.4, -0.2) is 84.9 Å². The molecule has 3 atom stereocenters. The molecular weight excluding hydrogens is 555 g/mol. The second-order valence-electron chi connectivity index (χ2n) is 9.96. The number of nitrogens with one attached hydrogen (secondary N) is 2. The number of likely N-dealkylation sites (N-methyl/N-ethyl adjacent to an activating group) is 1. The number of nitrogens with zero attached hydrogens (tertiary/aromatic N) is 4. The maximum absolute atomic E-state index is 11.9. The third-order valence-corrected chi connectivity index (χ3v) is 8.23. The van der Waals surface area contributed by atoms with Crippen molar-refractivity contribution in [2.75, 3.05) is 46.3 Å². The summed E-state index contributed by atoms with van der Waals surface area (Å²) in [7, 11) is 5.21. The molecule has 2 saturated heterocycles. The van der Waals surface area contributed by atoms with Gasteiger partial charge in [0.1, 0.15) is 11.5 Å². The van der Waals surface area contributed by atoms with Gasteiger partial charge in [-0.15, -0.1) is 0 Å². The van der Waals surface area contributed by atoms with E-state index in [0.717, 1.165) is 36.0 Å². The smallest absolute Gasteiger partial charge is 0.243 e. The molecule has 2 aromatic heterocycles. The van der Waals surface area contributed by atoms with E-state index in [0.29, 0.717) is 64.4 Å². The van der Waals surface area contributed by atoms with Crippen molar-refractivity contribution in [3.63, 3.8) is 0 Å². The summed E-state index contributed by atoms with van der Waals surface area (Å²) in [5.41, 5.74) is 2.64. The molecule has 0 bridgehead atoms. The predicted molar refractivity (Wildman–Crippen MR) is 156 cm³/mol. The van der Waals surface area contributed by atoms with E-state index in [1.807, 2.05) is 6.07 Å². The first-order valence-electron chi connectivity index (χ1n) is 13.1. The second kappa shape index (κ2) is 12.1. The number of anilines is 1. The van der Waals surface area contributed by atoms with Gasteiger partial charge in [0, 0.05) is 35.7 Å². The number of ether oxygens (including phenoxy) is 3. The van der Waals surface area contributed by atoms with Gasteiger partial charge in [0.05, 0.1) is 66.5 Å². The average Bonchev–Trinajstić information content (AvgIpc) is 3.56. The van der Waals surface area contributed by atoms with E-state index in [1.54, 1.807) is 26.5 Å². The van der Waals surface area contributed by atoms with Crippen LogP contribution in [0, 0.1) is 0 Å². The van der Waals surface area contributed by atoms with Gasteiger partial charge >= 0.3 is 0 Å². The van der Waals surface area contributed by atoms with E-state index in [-0.39, 0.29) is 18.0 Å². The van der Waals surface area contributed by atoms with Crippen molar-refractivity contribution in [3.8, 4) is 22.8 Å². The number of benzene rings is 1. The van der Waals surface area contributed by atoms with Crippen LogP contribution in [0.2, 0.25) is 10.0 Å². The molecule has 1 aromatic carbocycles. The molecule has 2 N–H and O–H groups in total. The molecule has 0 radical (unpaired) electrons. The molecule has 2 fully saturated rings. The number of methoxy groups -OCH3 is 2. The fourth-order valence-corrected chi connectivity index (χ4v) is 5.96. The van der Waals surface area contributed by atoms with Crippen molar-refractivity contribution < 1.29 is 19.0 Å². The number of halogens is 2. The molecule has 1 unspecified atom stereocenters. The van der Waals surface area contributed by atoms with E-state index in [9.17, 15) is 4.79 Å². The highest BCUT2D eigenvalue weighted by Gasteiger charge is 2.30. The molecule has 2 aliphatic rings. The van der Waals surface area contributed by atoms with Crippen LogP contribution in [0.15, 0.2) is 31.0 Å². The lowest BCUT2D eigenvalue weighted by atomic mass is 10.0. The van der Waals surface area contributed by atoms with E-state index in [1.165, 1.54) is 6.08 Å². The first kappa shape index (κ1) is 28.4. The summed E-state index contributed by atoms with van der Waals surface area (Å²) in [5.74, 6) is 1.04. The summed E-state index contributed by atoms with van der Waals surface area (Å²) in [6.45, 7) is 5.36. The third-order valence-electron chi connectivity index (χ3n) is 7.48. The molecule has 212 valence electrons. The zero-order chi connectivity index (χ0) is 28.4. The normalized spacial score (nSPS) is 21.0. The largest absolute Gasteiger partial charge is 0.495 e. The van der Waals surface area contributed by atoms with Crippen LogP contribution in [0.3, 0.4) is 0 Å². The van der Waals surface area contributed by atoms with Crippen LogP contribution < -0.4 is 20.1 Å². The van der Waals surface area contributed by atoms with Crippen molar-refractivity contribution in [2.24, 2.45) is 0 Å². The molecule has 0 spiro atoms. The molecule has 2 aliphatic heterocycles. The summed E-state index contributed by atoms with van der Waals surface area (Å²) >= 11 is 13.5. The Hall–Kier alpha value is -3.18. The Labute approximate surface area is 243 Å². The number of carbonyl (C=O) groups is 1. The van der Waals surface area contributed by atoms with E-state index >= 15 is 0 Å². The maximum Gasteiger partial charge on any atom is 0.243 e. The molecule has 0 aliphatic carbocycles. The topological polar surface area (TPSA) is 111 Å². The van der Waals surface area contributed by atoms with Gasteiger partial charge in [-0.3, -0.25) is 9.78 Å². The highest BCUT2D eigenvalue weighted by Crippen LogP contribution is 2.46. The molecule has 1 amide bonds. The van der Waals surface area contributed by atoms with Gasteiger partial charge in [0.15, 0.2) is 0 Å². The van der Waals surface area contributed by atoms with Crippen LogP contribution in [0.1, 0.15) is 18.5 Å². The molecule has 0 saturated carbocycles. The van der Waals surface area contributed by atoms with Crippen LogP contribution in [-0.2, 0) is 16.0 Å². The molecule has 40 heavy (non-hydrogen) atoms. The Bertz CT molecular complexity index is 1410. The molecule has 4 heterocycles. The lowest BCUT2D eigenvalue weighted by Crippen LogP contribution is -2.45. The minimum atomic E-state index is -0.257. The standard InChI is InChI=1S/C28H32Cl2N6O4/c1-5-23(37)33-19-13-40-14-20(19)34-28-31-12-15-9-17(24-25(29)21(38-3)11-22(39-4)26(24)30)32-18(27(15)35-28)10-16-7-6-8-36(16)2/h5,9,11-12,16,19-20H,1,6-8,10,13-14H2,2-4H3,(H,33,37)(H,31,34,35)/t16?,19-,20+/m0/s1. The number of carbonyl (C=O) groups excluding carboxylic acids is 1. The summed E-state index contributed by atoms with van der Waals surface area (Å²) in [4.78, 5) is 28.7. The first-order valence-corrected chi connectivity index (χ1v) is 13.8. The zero-order valence-electron chi connectivity index (χ0n) is 22.7. The summed E-state index contributed by atoms with van der Waals surface area (Å²) in [6, 6.07) is 3.43. The molecular formula is C28H32Cl2N6O4. The van der Waals surface area contributed by atoms with Crippen molar-refractivity contribution >= 4 is 46.0 Å². The fraction of sp³-hybridized carbons (Fsp3) is 0.429. The van der Waals surface area contributed by atoms with E-state index in [2.05, 4.69) is 34.1 Å². The SMILES string of the molecule is C=CC(=O)N[C@H]1COC[C@H]1Nc1ncc2cc(-c3c(Cl)c(OC)cc(OC)c3Cl)nc(CC3CCCN3C)c2n1. The van der Waals surface area contributed by atoms with Gasteiger partial charge < -0.3 is 29.7 Å². The quantitative estimate of drug-likeness (QED) is 0.357. The summed E-state index contributed by atoms with van der Waals surface area (Å²) in [6.07, 6.45) is 5.89. The molecule has 3 aromatic rings. The minimum Gasteiger partial charge on any atom is -0.495 e. The van der Waals surface area contributed by atoms with Crippen LogP contribution >= 0.6 is 23.2 Å². The second-order valence-corrected chi connectivity index (χ2v) is 10.7. The van der Waals surface area contributed by atoms with Crippen LogP contribution in [0.25, 0.3) is 22.2 Å². The fourth-order valence-electron chi connectivity index (χ4n) is 5.26. The van der Waals surface area contributed by atoms with Gasteiger partial charge in [0.25, 0.3) is 0 Å². The Morgan fingerprint density at radius 1 is 1.18 bits per heavy atom. The Balaban J connectivity index is 1.57. The van der Waals surface area contributed by atoms with Crippen molar-refractivity contribution in [1.82, 2.24) is 25.2 Å². The number of amides is 1. The Kier molecular flexibility index (Phi) is 8.60. The van der Waals surface area contributed by atoms with Crippen molar-refractivity contribution in [1.29, 1.82) is 0 Å². The number of pyridine rings is 1. The average molecular weight is 588 g/mol. The monoisotopic (exact) mass is 586 g/mol. The van der Waals surface area contributed by atoms with Crippen molar-refractivity contribution in [2.45, 2.75) is 37.4 Å². The highest BCUT2D eigenvalue weighted by molar-refractivity contribution is 6.41. The molecule has 5 rings (SSSR count). The van der Waals surface area contributed by atoms with Gasteiger partial charge in [-0.05, 0) is 38.6 Å². The summed E-state index contributed by atoms with van der Waals surface area (Å²) < 4.78 is 16.6. The molecule has 12 heteroatoms. The van der Waals surface area contributed by atoms with Gasteiger partial charge in [-0.2, -0.15) is 0 Å². The van der Waals surface area contributed by atoms with E-state index < -0.39 is 0 Å². The van der Waals surface area contributed by atoms with Gasteiger partial charge in [-0.25, -0.2) is 9.97 Å². The predicted octanol–water partition coefficient (Wildman–Crippen LogP) is 4.13. The number of hydrogen-bond acceptors (Lipinski definition) is 9. The number of aromatic nitrogens is 3. The zero-order valence-corrected chi connectivity index (χ0v) is 24.2. The Morgan fingerprint density at radius 3 is 2.55 bits per heavy atom. The number of fused-ring (bicyclic) bond motifs is 1. The maximum atomic E-state index is 11.9. The van der Waals surface area contributed by atoms with Gasteiger partial charge in [0.2, 0.25) is 11.9 Å². The highest BCUT2D eigenvalue weighted by atomic mass is 35.5. The van der Waals surface area contributed by atoms with Crippen LogP contribution in [0.4, 0.5) is 5.95 Å². The Morgan fingerprint density at radius 2 is 1.90 bits per heavy atom. The van der Waals surface area contributed by atoms with Crippen molar-refractivity contribution in [3.05, 3.63) is 46.7 Å². The lowest BCUT2D eigenvalue weighted by molar-refractivity contribution is -0.117. The molecule has 10 nitrogen and oxygen atoms in total. The van der Waals surface area contributed by atoms with E-state index in [4.69, 9.17) is 47.4 Å². The number of hydrogen-bond donors (Lipinski definition) is 2. The third kappa shape index (κ3) is 5.67. The number of likely N-dealkylation sites (tertiary alicyclic amines) is 1. The van der Waals surface area contributed by atoms with Gasteiger partial charge in [-0.1, -0.05) is 29.8 Å². The number of rotatable bonds is 9. The summed E-state index contributed by atoms with van der Waals surface area (Å²) in [5, 5.41) is 7.70. The lowest BCUT2D eigenvalue weighted by Gasteiger charge is -2.22. The minimum absolute atomic E-state index is 0.195. The first-order chi connectivity index (χ1) is 19.3. The van der Waals surface area contributed by atoms with Crippen LogP contribution in [0.5, 0.6) is 11.5 Å².